The van der Waals surface area contributed by atoms with Crippen molar-refractivity contribution in [2.75, 3.05) is 0 Å². The molecule has 0 aliphatic rings. The van der Waals surface area contributed by atoms with E-state index in [1.807, 2.05) is 17.8 Å². The maximum Gasteiger partial charge on any atom is 0.163 e. The first kappa shape index (κ1) is 14.7. The van der Waals surface area contributed by atoms with Gasteiger partial charge in [-0.2, -0.15) is 5.10 Å². The molecule has 0 spiro atoms. The molecule has 0 unspecified atom stereocenters. The van der Waals surface area contributed by atoms with Crippen molar-refractivity contribution in [3.05, 3.63) is 52.9 Å². The number of aryl methyl sites for hydroxylation is 1. The van der Waals surface area contributed by atoms with Gasteiger partial charge >= 0.3 is 0 Å². The van der Waals surface area contributed by atoms with Crippen LogP contribution in [0.1, 0.15) is 36.7 Å². The third-order valence-corrected chi connectivity index (χ3v) is 3.24. The fourth-order valence-electron chi connectivity index (χ4n) is 1.99. The number of hydrogen-bond donors (Lipinski definition) is 1. The molecule has 108 valence electrons. The summed E-state index contributed by atoms with van der Waals surface area (Å²) in [5.41, 5.74) is 2.38. The predicted molar refractivity (Wildman–Crippen MR) is 74.2 cm³/mol. The van der Waals surface area contributed by atoms with Crippen LogP contribution in [0.15, 0.2) is 24.3 Å². The molecule has 0 atom stereocenters. The van der Waals surface area contributed by atoms with Gasteiger partial charge in [0.25, 0.3) is 0 Å². The molecule has 0 aliphatic carbocycles. The van der Waals surface area contributed by atoms with E-state index in [2.05, 4.69) is 24.3 Å². The van der Waals surface area contributed by atoms with E-state index in [0.717, 1.165) is 17.5 Å². The maximum absolute atomic E-state index is 13.5. The molecule has 2 rings (SSSR count). The lowest BCUT2D eigenvalue weighted by Crippen LogP contribution is -2.16. The largest absolute Gasteiger partial charge is 0.307 e. The Bertz CT molecular complexity index is 591. The normalized spacial score (nSPS) is 11.3. The summed E-state index contributed by atoms with van der Waals surface area (Å²) in [4.78, 5) is 0. The Hall–Kier alpha value is -1.75. The van der Waals surface area contributed by atoms with Crippen LogP contribution in [-0.4, -0.2) is 9.78 Å². The van der Waals surface area contributed by atoms with Gasteiger partial charge in [0.2, 0.25) is 0 Å². The molecule has 0 saturated carbocycles. The third kappa shape index (κ3) is 3.22. The Balaban J connectivity index is 1.98. The van der Waals surface area contributed by atoms with Crippen molar-refractivity contribution in [3.63, 3.8) is 0 Å². The van der Waals surface area contributed by atoms with Gasteiger partial charge in [-0.15, -0.1) is 0 Å². The van der Waals surface area contributed by atoms with Crippen molar-refractivity contribution in [2.45, 2.75) is 32.9 Å². The summed E-state index contributed by atoms with van der Waals surface area (Å²) in [5.74, 6) is -1.23. The zero-order valence-electron chi connectivity index (χ0n) is 12.0. The van der Waals surface area contributed by atoms with Crippen LogP contribution < -0.4 is 5.32 Å². The van der Waals surface area contributed by atoms with Gasteiger partial charge in [0.15, 0.2) is 11.6 Å². The molecule has 0 saturated heterocycles. The van der Waals surface area contributed by atoms with E-state index in [9.17, 15) is 8.78 Å². The molecule has 0 fully saturated rings. The van der Waals surface area contributed by atoms with E-state index >= 15 is 0 Å². The summed E-state index contributed by atoms with van der Waals surface area (Å²) in [7, 11) is 1.88. The first-order valence-corrected chi connectivity index (χ1v) is 6.65. The highest BCUT2D eigenvalue weighted by Crippen LogP contribution is 2.14. The molecule has 1 N–H and O–H groups in total. The minimum atomic E-state index is -0.813. The molecule has 0 radical (unpaired) electrons. The summed E-state index contributed by atoms with van der Waals surface area (Å²) >= 11 is 0. The first-order chi connectivity index (χ1) is 9.49. The number of rotatable bonds is 5. The molecule has 1 heterocycles. The Labute approximate surface area is 117 Å². The van der Waals surface area contributed by atoms with Crippen molar-refractivity contribution >= 4 is 0 Å². The molecule has 2 aromatic rings. The molecule has 1 aromatic carbocycles. The van der Waals surface area contributed by atoms with E-state index in [1.54, 1.807) is 6.07 Å². The second-order valence-corrected chi connectivity index (χ2v) is 5.16. The molecule has 0 amide bonds. The molecular weight excluding hydrogens is 260 g/mol. The summed E-state index contributed by atoms with van der Waals surface area (Å²) in [6.07, 6.45) is 0. The number of benzene rings is 1. The van der Waals surface area contributed by atoms with Crippen LogP contribution in [0, 0.1) is 11.6 Å². The van der Waals surface area contributed by atoms with Gasteiger partial charge in [-0.05, 0) is 18.1 Å². The number of nitrogens with zero attached hydrogens (tertiary/aromatic N) is 2. The average molecular weight is 279 g/mol. The van der Waals surface area contributed by atoms with Gasteiger partial charge in [-0.25, -0.2) is 8.78 Å². The Morgan fingerprint density at radius 1 is 1.25 bits per heavy atom. The lowest BCUT2D eigenvalue weighted by Gasteiger charge is -2.06. The maximum atomic E-state index is 13.5. The molecule has 0 bridgehead atoms. The molecule has 5 heteroatoms. The average Bonchev–Trinajstić information content (AvgIpc) is 2.76. The van der Waals surface area contributed by atoms with Gasteiger partial charge in [-0.3, -0.25) is 4.68 Å². The van der Waals surface area contributed by atoms with Crippen LogP contribution in [0.25, 0.3) is 0 Å². The number of nitrogens with one attached hydrogen (secondary N) is 1. The van der Waals surface area contributed by atoms with E-state index in [4.69, 9.17) is 0 Å². The minimum absolute atomic E-state index is 0.284. The topological polar surface area (TPSA) is 29.9 Å². The van der Waals surface area contributed by atoms with Gasteiger partial charge in [0, 0.05) is 25.7 Å². The van der Waals surface area contributed by atoms with Crippen molar-refractivity contribution < 1.29 is 8.78 Å². The Morgan fingerprint density at radius 3 is 2.65 bits per heavy atom. The zero-order chi connectivity index (χ0) is 14.7. The zero-order valence-corrected chi connectivity index (χ0v) is 12.0. The number of hydrogen-bond acceptors (Lipinski definition) is 2. The molecule has 3 nitrogen and oxygen atoms in total. The van der Waals surface area contributed by atoms with Crippen LogP contribution in [0.4, 0.5) is 8.78 Å². The van der Waals surface area contributed by atoms with E-state index in [-0.39, 0.29) is 6.54 Å². The van der Waals surface area contributed by atoms with Crippen molar-refractivity contribution in [2.24, 2.45) is 7.05 Å². The lowest BCUT2D eigenvalue weighted by molar-refractivity contribution is 0.491. The standard InChI is InChI=1S/C15H19F2N3/c1-10(2)14-7-12(20(3)19-14)9-18-8-11-5-4-6-13(16)15(11)17/h4-7,10,18H,8-9H2,1-3H3. The van der Waals surface area contributed by atoms with Gasteiger partial charge in [-0.1, -0.05) is 26.0 Å². The Morgan fingerprint density at radius 2 is 2.00 bits per heavy atom. The number of aromatic nitrogens is 2. The van der Waals surface area contributed by atoms with E-state index in [1.165, 1.54) is 6.07 Å². The highest BCUT2D eigenvalue weighted by molar-refractivity contribution is 5.19. The predicted octanol–water partition coefficient (Wildman–Crippen LogP) is 3.11. The molecule has 0 aliphatic heterocycles. The van der Waals surface area contributed by atoms with Crippen LogP contribution >= 0.6 is 0 Å². The quantitative estimate of drug-likeness (QED) is 0.911. The fourth-order valence-corrected chi connectivity index (χ4v) is 1.99. The van der Waals surface area contributed by atoms with Gasteiger partial charge in [0.05, 0.1) is 11.4 Å². The van der Waals surface area contributed by atoms with Crippen molar-refractivity contribution in [1.82, 2.24) is 15.1 Å². The van der Waals surface area contributed by atoms with Crippen LogP contribution in [0.5, 0.6) is 0 Å². The van der Waals surface area contributed by atoms with E-state index in [0.29, 0.717) is 18.0 Å². The SMILES string of the molecule is CC(C)c1cc(CNCc2cccc(F)c2F)n(C)n1. The van der Waals surface area contributed by atoms with Crippen molar-refractivity contribution in [1.29, 1.82) is 0 Å². The van der Waals surface area contributed by atoms with Crippen LogP contribution in [0.2, 0.25) is 0 Å². The summed E-state index contributed by atoms with van der Waals surface area (Å²) in [6.45, 7) is 5.02. The highest BCUT2D eigenvalue weighted by atomic mass is 19.2. The summed E-state index contributed by atoms with van der Waals surface area (Å²) < 4.78 is 28.4. The number of halogens is 2. The van der Waals surface area contributed by atoms with Crippen LogP contribution in [-0.2, 0) is 20.1 Å². The second kappa shape index (κ2) is 6.13. The summed E-state index contributed by atoms with van der Waals surface area (Å²) in [6, 6.07) is 6.24. The summed E-state index contributed by atoms with van der Waals surface area (Å²) in [5, 5.41) is 7.52. The first-order valence-electron chi connectivity index (χ1n) is 6.65. The molecule has 20 heavy (non-hydrogen) atoms. The van der Waals surface area contributed by atoms with Crippen LogP contribution in [0.3, 0.4) is 0 Å². The lowest BCUT2D eigenvalue weighted by atomic mass is 10.1. The molecular formula is C15H19F2N3. The second-order valence-electron chi connectivity index (χ2n) is 5.16. The molecule has 1 aromatic heterocycles. The van der Waals surface area contributed by atoms with Crippen molar-refractivity contribution in [3.8, 4) is 0 Å². The van der Waals surface area contributed by atoms with Gasteiger partial charge < -0.3 is 5.32 Å². The third-order valence-electron chi connectivity index (χ3n) is 3.24. The van der Waals surface area contributed by atoms with E-state index < -0.39 is 11.6 Å². The Kier molecular flexibility index (Phi) is 4.49. The smallest absolute Gasteiger partial charge is 0.163 e. The minimum Gasteiger partial charge on any atom is -0.307 e. The highest BCUT2D eigenvalue weighted by Gasteiger charge is 2.09. The fraction of sp³-hybridized carbons (Fsp3) is 0.400. The van der Waals surface area contributed by atoms with Gasteiger partial charge in [0.1, 0.15) is 0 Å². The monoisotopic (exact) mass is 279 g/mol.